The number of hydrogen-bond acceptors (Lipinski definition) is 3. The number of benzene rings is 2. The van der Waals surface area contributed by atoms with E-state index in [0.29, 0.717) is 22.2 Å². The van der Waals surface area contributed by atoms with E-state index in [0.717, 1.165) is 5.56 Å². The zero-order valence-electron chi connectivity index (χ0n) is 14.2. The Morgan fingerprint density at radius 1 is 1.12 bits per heavy atom. The van der Waals surface area contributed by atoms with E-state index in [2.05, 4.69) is 5.32 Å². The first-order valence-corrected chi connectivity index (χ1v) is 9.77. The summed E-state index contributed by atoms with van der Waals surface area (Å²) < 4.78 is 17.9. The number of aryl methyl sites for hydroxylation is 1. The molecule has 0 unspecified atom stereocenters. The highest BCUT2D eigenvalue weighted by atomic mass is 35.5. The number of furan rings is 1. The minimum absolute atomic E-state index is 0.186. The molecule has 6 heteroatoms. The van der Waals surface area contributed by atoms with Crippen molar-refractivity contribution in [2.24, 2.45) is 0 Å². The molecule has 3 rings (SSSR count). The van der Waals surface area contributed by atoms with Crippen LogP contribution >= 0.6 is 11.6 Å². The number of nitrogens with one attached hydrogen (secondary N) is 1. The van der Waals surface area contributed by atoms with Gasteiger partial charge in [0.05, 0.1) is 16.6 Å². The maximum absolute atomic E-state index is 12.4. The lowest BCUT2D eigenvalue weighted by Gasteiger charge is -2.04. The second-order valence-electron chi connectivity index (χ2n) is 5.88. The van der Waals surface area contributed by atoms with Crippen molar-refractivity contribution in [3.8, 4) is 0 Å². The molecule has 26 heavy (non-hydrogen) atoms. The van der Waals surface area contributed by atoms with Gasteiger partial charge in [-0.3, -0.25) is 9.00 Å². The molecule has 134 valence electrons. The monoisotopic (exact) mass is 387 g/mol. The Morgan fingerprint density at radius 3 is 2.62 bits per heavy atom. The Bertz CT molecular complexity index is 934. The largest absolute Gasteiger partial charge is 0.455 e. The van der Waals surface area contributed by atoms with E-state index in [9.17, 15) is 9.00 Å². The van der Waals surface area contributed by atoms with Crippen molar-refractivity contribution in [3.05, 3.63) is 88.3 Å². The van der Waals surface area contributed by atoms with Gasteiger partial charge in [0.2, 0.25) is 0 Å². The Kier molecular flexibility index (Phi) is 5.91. The third-order valence-electron chi connectivity index (χ3n) is 3.79. The molecule has 0 aliphatic heterocycles. The van der Waals surface area contributed by atoms with E-state index in [4.69, 9.17) is 16.0 Å². The third kappa shape index (κ3) is 4.84. The molecule has 3 aromatic rings. The summed E-state index contributed by atoms with van der Waals surface area (Å²) in [4.78, 5) is 12.8. The Labute approximate surface area is 159 Å². The van der Waals surface area contributed by atoms with Crippen LogP contribution in [0.3, 0.4) is 0 Å². The minimum atomic E-state index is -1.29. The van der Waals surface area contributed by atoms with E-state index < -0.39 is 10.8 Å². The van der Waals surface area contributed by atoms with Crippen LogP contribution in [0.25, 0.3) is 0 Å². The van der Waals surface area contributed by atoms with Crippen molar-refractivity contribution in [2.75, 3.05) is 0 Å². The highest BCUT2D eigenvalue weighted by Gasteiger charge is 2.13. The van der Waals surface area contributed by atoms with Crippen LogP contribution in [-0.2, 0) is 23.1 Å². The predicted molar refractivity (Wildman–Crippen MR) is 103 cm³/mol. The predicted octanol–water partition coefficient (Wildman–Crippen LogP) is 4.48. The normalized spacial score (nSPS) is 11.9. The lowest BCUT2D eigenvalue weighted by Crippen LogP contribution is -2.22. The van der Waals surface area contributed by atoms with Crippen molar-refractivity contribution in [2.45, 2.75) is 24.1 Å². The molecule has 0 saturated heterocycles. The fourth-order valence-corrected chi connectivity index (χ4v) is 3.70. The highest BCUT2D eigenvalue weighted by molar-refractivity contribution is 7.84. The SMILES string of the molecule is Cc1ccc(CNC(=O)c2ccc(C[S@@](=O)c3cccc(Cl)c3)o2)cc1. The van der Waals surface area contributed by atoms with Gasteiger partial charge >= 0.3 is 0 Å². The molecule has 0 spiro atoms. The first-order valence-electron chi connectivity index (χ1n) is 8.07. The van der Waals surface area contributed by atoms with Gasteiger partial charge in [0, 0.05) is 16.5 Å². The number of hydrogen-bond donors (Lipinski definition) is 1. The van der Waals surface area contributed by atoms with Gasteiger partial charge in [-0.05, 0) is 42.8 Å². The molecule has 2 aromatic carbocycles. The molecule has 4 nitrogen and oxygen atoms in total. The van der Waals surface area contributed by atoms with Gasteiger partial charge in [-0.25, -0.2) is 0 Å². The highest BCUT2D eigenvalue weighted by Crippen LogP contribution is 2.18. The molecule has 0 fully saturated rings. The Morgan fingerprint density at radius 2 is 1.88 bits per heavy atom. The lowest BCUT2D eigenvalue weighted by molar-refractivity contribution is 0.0921. The van der Waals surface area contributed by atoms with Crippen LogP contribution < -0.4 is 5.32 Å². The Balaban J connectivity index is 1.59. The first kappa shape index (κ1) is 18.4. The summed E-state index contributed by atoms with van der Waals surface area (Å²) in [6.07, 6.45) is 0. The van der Waals surface area contributed by atoms with Crippen LogP contribution in [-0.4, -0.2) is 10.1 Å². The average molecular weight is 388 g/mol. The summed E-state index contributed by atoms with van der Waals surface area (Å²) in [7, 11) is -1.29. The quantitative estimate of drug-likeness (QED) is 0.678. The third-order valence-corrected chi connectivity index (χ3v) is 5.35. The number of halogens is 1. The van der Waals surface area contributed by atoms with Gasteiger partial charge in [0.1, 0.15) is 5.76 Å². The van der Waals surface area contributed by atoms with Crippen LogP contribution in [0.5, 0.6) is 0 Å². The smallest absolute Gasteiger partial charge is 0.287 e. The number of rotatable bonds is 6. The maximum Gasteiger partial charge on any atom is 0.287 e. The van der Waals surface area contributed by atoms with Crippen molar-refractivity contribution in [1.29, 1.82) is 0 Å². The zero-order chi connectivity index (χ0) is 18.5. The molecule has 0 radical (unpaired) electrons. The first-order chi connectivity index (χ1) is 12.5. The van der Waals surface area contributed by atoms with E-state index >= 15 is 0 Å². The second kappa shape index (κ2) is 8.34. The number of carbonyl (C=O) groups is 1. The van der Waals surface area contributed by atoms with Gasteiger partial charge in [0.15, 0.2) is 5.76 Å². The molecule has 0 aliphatic rings. The molecule has 1 aromatic heterocycles. The molecule has 0 saturated carbocycles. The summed E-state index contributed by atoms with van der Waals surface area (Å²) in [5.74, 6) is 0.579. The molecule has 1 amide bonds. The lowest BCUT2D eigenvalue weighted by atomic mass is 10.1. The summed E-state index contributed by atoms with van der Waals surface area (Å²) in [6, 6.07) is 18.1. The topological polar surface area (TPSA) is 59.3 Å². The van der Waals surface area contributed by atoms with E-state index in [1.54, 1.807) is 36.4 Å². The molecule has 0 bridgehead atoms. The summed E-state index contributed by atoms with van der Waals surface area (Å²) in [5, 5.41) is 3.35. The maximum atomic E-state index is 12.4. The van der Waals surface area contributed by atoms with Crippen LogP contribution in [0, 0.1) is 6.92 Å². The second-order valence-corrected chi connectivity index (χ2v) is 7.77. The standard InChI is InChI=1S/C20H18ClNO3S/c1-14-5-7-15(8-6-14)12-22-20(23)19-10-9-17(25-19)13-26(24)18-4-2-3-16(21)11-18/h2-11H,12-13H2,1H3,(H,22,23)/t26-/m1/s1. The molecule has 1 atom stereocenters. The van der Waals surface area contributed by atoms with Gasteiger partial charge in [-0.2, -0.15) is 0 Å². The molecule has 0 aliphatic carbocycles. The van der Waals surface area contributed by atoms with Crippen LogP contribution in [0.15, 0.2) is 70.0 Å². The molecule has 1 heterocycles. The van der Waals surface area contributed by atoms with Gasteiger partial charge in [-0.15, -0.1) is 0 Å². The van der Waals surface area contributed by atoms with Crippen molar-refractivity contribution in [1.82, 2.24) is 5.32 Å². The van der Waals surface area contributed by atoms with Crippen LogP contribution in [0.1, 0.15) is 27.4 Å². The van der Waals surface area contributed by atoms with Gasteiger partial charge < -0.3 is 9.73 Å². The van der Waals surface area contributed by atoms with Gasteiger partial charge in [0.25, 0.3) is 5.91 Å². The fourth-order valence-electron chi connectivity index (χ4n) is 2.37. The van der Waals surface area contributed by atoms with Crippen molar-refractivity contribution >= 4 is 28.3 Å². The van der Waals surface area contributed by atoms with Gasteiger partial charge in [-0.1, -0.05) is 47.5 Å². The summed E-state index contributed by atoms with van der Waals surface area (Å²) in [5.41, 5.74) is 2.18. The van der Waals surface area contributed by atoms with Crippen LogP contribution in [0.4, 0.5) is 0 Å². The van der Waals surface area contributed by atoms with Crippen molar-refractivity contribution in [3.63, 3.8) is 0 Å². The van der Waals surface area contributed by atoms with Crippen LogP contribution in [0.2, 0.25) is 5.02 Å². The average Bonchev–Trinajstić information content (AvgIpc) is 3.09. The number of carbonyl (C=O) groups excluding carboxylic acids is 1. The van der Waals surface area contributed by atoms with Crippen molar-refractivity contribution < 1.29 is 13.4 Å². The number of amides is 1. The van der Waals surface area contributed by atoms with E-state index in [1.807, 2.05) is 31.2 Å². The fraction of sp³-hybridized carbons (Fsp3) is 0.150. The Hall–Kier alpha value is -2.37. The molecular formula is C20H18ClNO3S. The summed E-state index contributed by atoms with van der Waals surface area (Å²) >= 11 is 5.92. The summed E-state index contributed by atoms with van der Waals surface area (Å²) in [6.45, 7) is 2.43. The molecule has 1 N–H and O–H groups in total. The van der Waals surface area contributed by atoms with E-state index in [1.165, 1.54) is 5.56 Å². The zero-order valence-corrected chi connectivity index (χ0v) is 15.8. The minimum Gasteiger partial charge on any atom is -0.455 e. The van der Waals surface area contributed by atoms with E-state index in [-0.39, 0.29) is 17.4 Å². The molecular weight excluding hydrogens is 370 g/mol.